The molecule has 0 aliphatic heterocycles. The van der Waals surface area contributed by atoms with Gasteiger partial charge in [0, 0.05) is 18.1 Å². The van der Waals surface area contributed by atoms with Crippen molar-refractivity contribution < 1.29 is 26.0 Å². The van der Waals surface area contributed by atoms with Crippen molar-refractivity contribution in [2.45, 2.75) is 36.2 Å². The lowest BCUT2D eigenvalue weighted by Gasteiger charge is -2.21. The monoisotopic (exact) mass is 718 g/mol. The first kappa shape index (κ1) is 35.7. The zero-order chi connectivity index (χ0) is 34.9. The van der Waals surface area contributed by atoms with Crippen molar-refractivity contribution in [1.82, 2.24) is 14.0 Å². The predicted molar refractivity (Wildman–Crippen MR) is 189 cm³/mol. The van der Waals surface area contributed by atoms with Crippen LogP contribution in [0.25, 0.3) is 0 Å². The first-order valence-electron chi connectivity index (χ1n) is 15.3. The predicted octanol–water partition coefficient (Wildman–Crippen LogP) is 6.02. The van der Waals surface area contributed by atoms with E-state index in [-0.39, 0.29) is 35.2 Å². The highest BCUT2D eigenvalue weighted by Crippen LogP contribution is 2.24. The lowest BCUT2D eigenvalue weighted by atomic mass is 10.1. The number of amides is 1. The normalized spacial score (nSPS) is 12.2. The number of hydrogen-bond donors (Lipinski definition) is 1. The van der Waals surface area contributed by atoms with E-state index in [1.165, 1.54) is 46.9 Å². The molecule has 0 aliphatic carbocycles. The van der Waals surface area contributed by atoms with E-state index in [0.29, 0.717) is 17.2 Å². The fourth-order valence-corrected chi connectivity index (χ4v) is 7.83. The van der Waals surface area contributed by atoms with Gasteiger partial charge in [0.15, 0.2) is 0 Å². The number of hydrogen-bond acceptors (Lipinski definition) is 7. The van der Waals surface area contributed by atoms with Crippen LogP contribution in [0.4, 0.5) is 0 Å². The van der Waals surface area contributed by atoms with E-state index in [4.69, 9.17) is 16.0 Å². The van der Waals surface area contributed by atoms with Gasteiger partial charge in [0.25, 0.3) is 5.91 Å². The minimum Gasteiger partial charge on any atom is -0.459 e. The standard InChI is InChI=1S/C36H35ClN4O6S2/c1-28-12-14-30(15-13-28)25-41(49(45,46)35-20-16-31(37)17-21-35)26-33-19-18-32(47-33)24-38-39-36(42)27-40(23-22-29-8-4-2-5-9-29)48(43,44)34-10-6-3-7-11-34/h2-21,24H,22-23,25-27H2,1H3,(H,39,42)/b38-24-. The Morgan fingerprint density at radius 2 is 1.35 bits per heavy atom. The van der Waals surface area contributed by atoms with Crippen molar-refractivity contribution in [3.05, 3.63) is 155 Å². The first-order chi connectivity index (χ1) is 23.5. The van der Waals surface area contributed by atoms with E-state index in [0.717, 1.165) is 21.0 Å². The van der Waals surface area contributed by atoms with Crippen LogP contribution in [0.1, 0.15) is 28.2 Å². The van der Waals surface area contributed by atoms with Gasteiger partial charge in [-0.05, 0) is 73.0 Å². The molecule has 1 heterocycles. The summed E-state index contributed by atoms with van der Waals surface area (Å²) in [5.41, 5.74) is 5.15. The van der Waals surface area contributed by atoms with Crippen LogP contribution in [0.15, 0.2) is 141 Å². The summed E-state index contributed by atoms with van der Waals surface area (Å²) < 4.78 is 62.5. The highest BCUT2D eigenvalue weighted by atomic mass is 35.5. The Balaban J connectivity index is 1.26. The van der Waals surface area contributed by atoms with Crippen LogP contribution in [0, 0.1) is 6.92 Å². The Hall–Kier alpha value is -4.59. The van der Waals surface area contributed by atoms with E-state index in [1.54, 1.807) is 30.3 Å². The van der Waals surface area contributed by atoms with Gasteiger partial charge < -0.3 is 4.42 Å². The summed E-state index contributed by atoms with van der Waals surface area (Å²) in [7, 11) is -7.91. The van der Waals surface area contributed by atoms with Crippen molar-refractivity contribution in [3.63, 3.8) is 0 Å². The third-order valence-electron chi connectivity index (χ3n) is 7.52. The Bertz CT molecular complexity index is 2090. The number of benzene rings is 4. The minimum absolute atomic E-state index is 0.0766. The molecule has 0 spiro atoms. The zero-order valence-corrected chi connectivity index (χ0v) is 29.0. The fraction of sp³-hybridized carbons (Fsp3) is 0.167. The van der Waals surface area contributed by atoms with Gasteiger partial charge in [0.1, 0.15) is 11.5 Å². The quantitative estimate of drug-likeness (QED) is 0.104. The van der Waals surface area contributed by atoms with E-state index < -0.39 is 32.5 Å². The number of hydrazone groups is 1. The second-order valence-corrected chi connectivity index (χ2v) is 15.5. The van der Waals surface area contributed by atoms with E-state index in [9.17, 15) is 21.6 Å². The largest absolute Gasteiger partial charge is 0.459 e. The maximum absolute atomic E-state index is 13.7. The van der Waals surface area contributed by atoms with Crippen molar-refractivity contribution >= 4 is 43.8 Å². The van der Waals surface area contributed by atoms with Crippen LogP contribution in [0.2, 0.25) is 5.02 Å². The smallest absolute Gasteiger partial charge is 0.255 e. The summed E-state index contributed by atoms with van der Waals surface area (Å²) in [5.74, 6) is -0.0419. The lowest BCUT2D eigenvalue weighted by molar-refractivity contribution is -0.121. The van der Waals surface area contributed by atoms with Crippen molar-refractivity contribution in [2.24, 2.45) is 5.10 Å². The third-order valence-corrected chi connectivity index (χ3v) is 11.4. The van der Waals surface area contributed by atoms with Crippen LogP contribution >= 0.6 is 11.6 Å². The van der Waals surface area contributed by atoms with Crippen molar-refractivity contribution in [3.8, 4) is 0 Å². The van der Waals surface area contributed by atoms with Crippen LogP contribution in [0.3, 0.4) is 0 Å². The lowest BCUT2D eigenvalue weighted by Crippen LogP contribution is -2.40. The Kier molecular flexibility index (Phi) is 11.8. The fourth-order valence-electron chi connectivity index (χ4n) is 4.89. The number of sulfonamides is 2. The van der Waals surface area contributed by atoms with E-state index in [1.807, 2.05) is 61.5 Å². The molecular weight excluding hydrogens is 684 g/mol. The number of furan rings is 1. The van der Waals surface area contributed by atoms with E-state index >= 15 is 0 Å². The molecule has 0 aliphatic rings. The Morgan fingerprint density at radius 3 is 2.02 bits per heavy atom. The number of rotatable bonds is 15. The molecule has 5 rings (SSSR count). The summed E-state index contributed by atoms with van der Waals surface area (Å²) in [6, 6.07) is 34.1. The summed E-state index contributed by atoms with van der Waals surface area (Å²) in [5, 5.41) is 4.38. The molecule has 0 unspecified atom stereocenters. The molecule has 4 aromatic carbocycles. The van der Waals surface area contributed by atoms with Gasteiger partial charge in [-0.15, -0.1) is 0 Å². The van der Waals surface area contributed by atoms with Crippen LogP contribution in [-0.4, -0.2) is 50.7 Å². The zero-order valence-electron chi connectivity index (χ0n) is 26.6. The second kappa shape index (κ2) is 16.2. The molecule has 0 atom stereocenters. The molecule has 5 aromatic rings. The molecule has 0 bridgehead atoms. The Morgan fingerprint density at radius 1 is 0.735 bits per heavy atom. The van der Waals surface area contributed by atoms with Gasteiger partial charge in [-0.3, -0.25) is 4.79 Å². The van der Waals surface area contributed by atoms with Gasteiger partial charge in [-0.1, -0.05) is 90.0 Å². The maximum Gasteiger partial charge on any atom is 0.255 e. The number of halogens is 1. The topological polar surface area (TPSA) is 129 Å². The van der Waals surface area contributed by atoms with Crippen molar-refractivity contribution in [2.75, 3.05) is 13.1 Å². The minimum atomic E-state index is -3.97. The van der Waals surface area contributed by atoms with Crippen molar-refractivity contribution in [1.29, 1.82) is 0 Å². The van der Waals surface area contributed by atoms with Gasteiger partial charge in [0.05, 0.1) is 29.1 Å². The summed E-state index contributed by atoms with van der Waals surface area (Å²) in [6.07, 6.45) is 1.67. The van der Waals surface area contributed by atoms with Gasteiger partial charge >= 0.3 is 0 Å². The Labute approximate surface area is 291 Å². The molecular formula is C36H35ClN4O6S2. The summed E-state index contributed by atoms with van der Waals surface area (Å²) in [4.78, 5) is 13.1. The number of carbonyl (C=O) groups excluding carboxylic acids is 1. The molecule has 0 fully saturated rings. The SMILES string of the molecule is Cc1ccc(CN(Cc2ccc(/C=N\NC(=O)CN(CCc3ccccc3)S(=O)(=O)c3ccccc3)o2)S(=O)(=O)c2ccc(Cl)cc2)cc1. The number of aryl methyl sites for hydroxylation is 1. The first-order valence-corrected chi connectivity index (χ1v) is 18.6. The van der Waals surface area contributed by atoms with Gasteiger partial charge in [-0.2, -0.15) is 13.7 Å². The average Bonchev–Trinajstić information content (AvgIpc) is 3.55. The average molecular weight is 719 g/mol. The molecule has 13 heteroatoms. The van der Waals surface area contributed by atoms with Gasteiger partial charge in [0.2, 0.25) is 20.0 Å². The molecule has 0 radical (unpaired) electrons. The van der Waals surface area contributed by atoms with Crippen LogP contribution in [-0.2, 0) is 44.4 Å². The third kappa shape index (κ3) is 9.74. The van der Waals surface area contributed by atoms with Gasteiger partial charge in [-0.25, -0.2) is 22.3 Å². The molecule has 1 N–H and O–H groups in total. The summed E-state index contributed by atoms with van der Waals surface area (Å²) in [6.45, 7) is 1.60. The molecule has 1 amide bonds. The molecule has 0 saturated carbocycles. The maximum atomic E-state index is 13.7. The molecule has 0 saturated heterocycles. The molecule has 10 nitrogen and oxygen atoms in total. The highest BCUT2D eigenvalue weighted by molar-refractivity contribution is 7.89. The number of nitrogens with one attached hydrogen (secondary N) is 1. The molecule has 1 aromatic heterocycles. The number of nitrogens with zero attached hydrogens (tertiary/aromatic N) is 3. The molecule has 49 heavy (non-hydrogen) atoms. The highest BCUT2D eigenvalue weighted by Gasteiger charge is 2.27. The van der Waals surface area contributed by atoms with Crippen LogP contribution in [0.5, 0.6) is 0 Å². The van der Waals surface area contributed by atoms with E-state index in [2.05, 4.69) is 10.5 Å². The second-order valence-electron chi connectivity index (χ2n) is 11.2. The number of carbonyl (C=O) groups is 1. The van der Waals surface area contributed by atoms with Crippen LogP contribution < -0.4 is 5.43 Å². The molecule has 254 valence electrons. The summed E-state index contributed by atoms with van der Waals surface area (Å²) >= 11 is 6.00.